The van der Waals surface area contributed by atoms with Crippen molar-refractivity contribution in [2.75, 3.05) is 13.1 Å². The standard InChI is InChI=1S/C17H23ClN2O/c1-17(9-2-3-10-19-17)16(21)20-11-5-8-15(20)13-6-4-7-14(18)12-13/h4,6-7,12,15,19H,2-3,5,8-11H2,1H3. The highest BCUT2D eigenvalue weighted by atomic mass is 35.5. The number of hydrogen-bond donors (Lipinski definition) is 1. The van der Waals surface area contributed by atoms with Gasteiger partial charge in [-0.05, 0) is 63.3 Å². The summed E-state index contributed by atoms with van der Waals surface area (Å²) in [6.45, 7) is 3.85. The van der Waals surface area contributed by atoms with Crippen molar-refractivity contribution < 1.29 is 4.79 Å². The summed E-state index contributed by atoms with van der Waals surface area (Å²) >= 11 is 6.11. The lowest BCUT2D eigenvalue weighted by Gasteiger charge is -2.38. The molecule has 1 aromatic carbocycles. The Balaban J connectivity index is 1.82. The Hall–Kier alpha value is -1.06. The maximum Gasteiger partial charge on any atom is 0.243 e. The molecule has 114 valence electrons. The molecule has 0 aliphatic carbocycles. The Morgan fingerprint density at radius 1 is 1.38 bits per heavy atom. The van der Waals surface area contributed by atoms with Gasteiger partial charge < -0.3 is 10.2 Å². The van der Waals surface area contributed by atoms with Crippen molar-refractivity contribution >= 4 is 17.5 Å². The third-order valence-corrected chi connectivity index (χ3v) is 5.07. The van der Waals surface area contributed by atoms with Crippen molar-refractivity contribution in [3.05, 3.63) is 34.9 Å². The van der Waals surface area contributed by atoms with E-state index in [1.54, 1.807) is 0 Å². The summed E-state index contributed by atoms with van der Waals surface area (Å²) in [5, 5.41) is 4.18. The summed E-state index contributed by atoms with van der Waals surface area (Å²) in [6, 6.07) is 8.11. The Kier molecular flexibility index (Phi) is 4.23. The van der Waals surface area contributed by atoms with Crippen LogP contribution < -0.4 is 5.32 Å². The predicted octanol–water partition coefficient (Wildman–Crippen LogP) is 3.54. The van der Waals surface area contributed by atoms with E-state index < -0.39 is 0 Å². The third kappa shape index (κ3) is 2.95. The second kappa shape index (κ2) is 5.98. The Morgan fingerprint density at radius 2 is 2.24 bits per heavy atom. The van der Waals surface area contributed by atoms with Gasteiger partial charge in [0.05, 0.1) is 11.6 Å². The SMILES string of the molecule is CC1(C(=O)N2CCCC2c2cccc(Cl)c2)CCCCN1. The van der Waals surface area contributed by atoms with Gasteiger partial charge in [-0.15, -0.1) is 0 Å². The molecule has 3 rings (SSSR count). The van der Waals surface area contributed by atoms with Gasteiger partial charge in [-0.25, -0.2) is 0 Å². The molecule has 21 heavy (non-hydrogen) atoms. The molecule has 1 N–H and O–H groups in total. The zero-order valence-electron chi connectivity index (χ0n) is 12.6. The molecule has 2 unspecified atom stereocenters. The number of piperidine rings is 1. The fourth-order valence-corrected chi connectivity index (χ4v) is 3.82. The quantitative estimate of drug-likeness (QED) is 0.906. The van der Waals surface area contributed by atoms with Crippen LogP contribution in [0, 0.1) is 0 Å². The Morgan fingerprint density at radius 3 is 2.95 bits per heavy atom. The first-order chi connectivity index (χ1) is 10.1. The zero-order chi connectivity index (χ0) is 14.9. The van der Waals surface area contributed by atoms with E-state index in [1.165, 1.54) is 6.42 Å². The van der Waals surface area contributed by atoms with Crippen molar-refractivity contribution in [2.45, 2.75) is 50.6 Å². The number of hydrogen-bond acceptors (Lipinski definition) is 2. The lowest BCUT2D eigenvalue weighted by Crippen LogP contribution is -2.57. The highest BCUT2D eigenvalue weighted by molar-refractivity contribution is 6.30. The number of nitrogens with one attached hydrogen (secondary N) is 1. The number of rotatable bonds is 2. The van der Waals surface area contributed by atoms with E-state index in [9.17, 15) is 4.79 Å². The molecule has 1 aromatic rings. The summed E-state index contributed by atoms with van der Waals surface area (Å²) in [7, 11) is 0. The fourth-order valence-electron chi connectivity index (χ4n) is 3.63. The van der Waals surface area contributed by atoms with Crippen LogP contribution >= 0.6 is 11.6 Å². The Labute approximate surface area is 131 Å². The predicted molar refractivity (Wildman–Crippen MR) is 85.4 cm³/mol. The van der Waals surface area contributed by atoms with Gasteiger partial charge in [-0.1, -0.05) is 23.7 Å². The molecule has 0 saturated carbocycles. The largest absolute Gasteiger partial charge is 0.334 e. The second-order valence-corrected chi connectivity index (χ2v) is 6.86. The summed E-state index contributed by atoms with van der Waals surface area (Å²) < 4.78 is 0. The zero-order valence-corrected chi connectivity index (χ0v) is 13.3. The van der Waals surface area contributed by atoms with Crippen LogP contribution in [0.3, 0.4) is 0 Å². The molecule has 0 spiro atoms. The number of carbonyl (C=O) groups excluding carboxylic acids is 1. The number of benzene rings is 1. The fraction of sp³-hybridized carbons (Fsp3) is 0.588. The van der Waals surface area contributed by atoms with Gasteiger partial charge in [0.15, 0.2) is 0 Å². The van der Waals surface area contributed by atoms with Crippen molar-refractivity contribution in [1.29, 1.82) is 0 Å². The van der Waals surface area contributed by atoms with Crippen molar-refractivity contribution in [1.82, 2.24) is 10.2 Å². The molecule has 2 aliphatic heterocycles. The molecule has 2 heterocycles. The van der Waals surface area contributed by atoms with Crippen molar-refractivity contribution in [3.63, 3.8) is 0 Å². The van der Waals surface area contributed by atoms with Crippen LogP contribution in [-0.2, 0) is 4.79 Å². The molecule has 2 aliphatic rings. The summed E-state index contributed by atoms with van der Waals surface area (Å²) in [5.41, 5.74) is 0.770. The molecule has 2 atom stereocenters. The van der Waals surface area contributed by atoms with Gasteiger partial charge in [0, 0.05) is 11.6 Å². The molecular formula is C17H23ClN2O. The number of likely N-dealkylation sites (tertiary alicyclic amines) is 1. The van der Waals surface area contributed by atoms with Crippen LogP contribution in [0.5, 0.6) is 0 Å². The van der Waals surface area contributed by atoms with E-state index in [0.29, 0.717) is 0 Å². The van der Waals surface area contributed by atoms with Gasteiger partial charge in [-0.2, -0.15) is 0 Å². The van der Waals surface area contributed by atoms with Gasteiger partial charge in [0.2, 0.25) is 5.91 Å². The van der Waals surface area contributed by atoms with Crippen LogP contribution in [0.2, 0.25) is 5.02 Å². The molecule has 0 bridgehead atoms. The van der Waals surface area contributed by atoms with Crippen molar-refractivity contribution in [3.8, 4) is 0 Å². The highest BCUT2D eigenvalue weighted by Gasteiger charge is 2.41. The van der Waals surface area contributed by atoms with E-state index in [4.69, 9.17) is 11.6 Å². The topological polar surface area (TPSA) is 32.3 Å². The van der Waals surface area contributed by atoms with Gasteiger partial charge >= 0.3 is 0 Å². The first-order valence-corrected chi connectivity index (χ1v) is 8.29. The van der Waals surface area contributed by atoms with E-state index in [1.807, 2.05) is 18.2 Å². The van der Waals surface area contributed by atoms with Crippen LogP contribution in [-0.4, -0.2) is 29.4 Å². The summed E-state index contributed by atoms with van der Waals surface area (Å²) in [6.07, 6.45) is 5.33. The molecule has 2 fully saturated rings. The first kappa shape index (κ1) is 14.9. The molecule has 1 amide bonds. The number of halogens is 1. The van der Waals surface area contributed by atoms with Crippen LogP contribution in [0.15, 0.2) is 24.3 Å². The minimum Gasteiger partial charge on any atom is -0.334 e. The minimum atomic E-state index is -0.389. The van der Waals surface area contributed by atoms with E-state index in [0.717, 1.165) is 49.4 Å². The number of amides is 1. The maximum absolute atomic E-state index is 13.0. The smallest absolute Gasteiger partial charge is 0.243 e. The Bertz CT molecular complexity index is 525. The molecule has 0 radical (unpaired) electrons. The molecule has 0 aromatic heterocycles. The van der Waals surface area contributed by atoms with E-state index >= 15 is 0 Å². The van der Waals surface area contributed by atoms with Gasteiger partial charge in [0.1, 0.15) is 0 Å². The average molecular weight is 307 g/mol. The number of nitrogens with zero attached hydrogens (tertiary/aromatic N) is 1. The first-order valence-electron chi connectivity index (χ1n) is 7.92. The lowest BCUT2D eigenvalue weighted by molar-refractivity contribution is -0.139. The van der Waals surface area contributed by atoms with Crippen LogP contribution in [0.1, 0.15) is 50.6 Å². The van der Waals surface area contributed by atoms with E-state index in [-0.39, 0.29) is 17.5 Å². The molecular weight excluding hydrogens is 284 g/mol. The highest BCUT2D eigenvalue weighted by Crippen LogP contribution is 2.35. The second-order valence-electron chi connectivity index (χ2n) is 6.43. The third-order valence-electron chi connectivity index (χ3n) is 4.84. The van der Waals surface area contributed by atoms with E-state index in [2.05, 4.69) is 23.2 Å². The minimum absolute atomic E-state index is 0.178. The lowest BCUT2D eigenvalue weighted by atomic mass is 9.89. The monoisotopic (exact) mass is 306 g/mol. The van der Waals surface area contributed by atoms with Crippen LogP contribution in [0.25, 0.3) is 0 Å². The maximum atomic E-state index is 13.0. The molecule has 4 heteroatoms. The van der Waals surface area contributed by atoms with Crippen LogP contribution in [0.4, 0.5) is 0 Å². The molecule has 2 saturated heterocycles. The summed E-state index contributed by atoms with van der Waals surface area (Å²) in [5.74, 6) is 0.254. The summed E-state index contributed by atoms with van der Waals surface area (Å²) in [4.78, 5) is 15.1. The van der Waals surface area contributed by atoms with Gasteiger partial charge in [-0.3, -0.25) is 4.79 Å². The average Bonchev–Trinajstić information content (AvgIpc) is 2.96. The van der Waals surface area contributed by atoms with Gasteiger partial charge in [0.25, 0.3) is 0 Å². The molecule has 3 nitrogen and oxygen atoms in total. The normalized spacial score (nSPS) is 29.6. The number of carbonyl (C=O) groups is 1. The van der Waals surface area contributed by atoms with Crippen molar-refractivity contribution in [2.24, 2.45) is 0 Å².